The first kappa shape index (κ1) is 16.6. The van der Waals surface area contributed by atoms with Crippen molar-refractivity contribution < 1.29 is 22.0 Å². The van der Waals surface area contributed by atoms with E-state index < -0.39 is 42.3 Å². The fourth-order valence-corrected chi connectivity index (χ4v) is 5.11. The van der Waals surface area contributed by atoms with Crippen molar-refractivity contribution in [2.45, 2.75) is 0 Å². The Morgan fingerprint density at radius 1 is 0.458 bits per heavy atom. The maximum atomic E-state index is 14.3. The highest BCUT2D eigenvalue weighted by Crippen LogP contribution is 2.36. The van der Waals surface area contributed by atoms with Crippen LogP contribution in [0.2, 0.25) is 0 Å². The molecule has 3 aromatic carbocycles. The van der Waals surface area contributed by atoms with Crippen molar-refractivity contribution in [2.75, 3.05) is 0 Å². The third-order valence-corrected chi connectivity index (χ3v) is 6.35. The van der Waals surface area contributed by atoms with E-state index in [1.807, 2.05) is 0 Å². The number of benzene rings is 3. The van der Waals surface area contributed by atoms with E-state index >= 15 is 0 Å². The first-order chi connectivity index (χ1) is 11.5. The molecule has 0 aliphatic rings. The molecule has 0 bridgehead atoms. The summed E-state index contributed by atoms with van der Waals surface area (Å²) in [6, 6.07) is 16.6. The Morgan fingerprint density at radius 2 is 0.792 bits per heavy atom. The monoisotopic (exact) mass is 353 g/mol. The van der Waals surface area contributed by atoms with E-state index in [-0.39, 0.29) is 0 Å². The van der Waals surface area contributed by atoms with E-state index in [0.29, 0.717) is 10.6 Å². The van der Waals surface area contributed by atoms with Gasteiger partial charge < -0.3 is 0 Å². The van der Waals surface area contributed by atoms with Crippen LogP contribution in [-0.4, -0.2) is 0 Å². The lowest BCUT2D eigenvalue weighted by Crippen LogP contribution is -2.28. The lowest BCUT2D eigenvalue weighted by Gasteiger charge is -2.13. The zero-order valence-corrected chi connectivity index (χ0v) is 13.2. The summed E-state index contributed by atoms with van der Waals surface area (Å²) in [7, 11) is -2.39. The van der Waals surface area contributed by atoms with Gasteiger partial charge in [-0.1, -0.05) is 36.4 Å². The Balaban J connectivity index is 2.33. The number of halogens is 5. The van der Waals surface area contributed by atoms with Crippen LogP contribution < -0.4 is 15.9 Å². The van der Waals surface area contributed by atoms with E-state index in [2.05, 4.69) is 0 Å². The lowest BCUT2D eigenvalue weighted by atomic mass is 10.3. The molecule has 0 atom stereocenters. The molecule has 0 saturated heterocycles. The molecular formula is C18H11F5P+. The standard InChI is InChI=1S/C18H10F5P/c19-13-14(20)16(22)18(17(23)15(13)21)24(11-7-3-1-4-8-11)12-9-5-2-6-10-12/h1-10H/p+1. The van der Waals surface area contributed by atoms with Crippen molar-refractivity contribution >= 4 is 23.8 Å². The Hall–Kier alpha value is -2.26. The van der Waals surface area contributed by atoms with Gasteiger partial charge >= 0.3 is 0 Å². The number of hydrogen-bond donors (Lipinski definition) is 0. The van der Waals surface area contributed by atoms with Crippen LogP contribution in [0.15, 0.2) is 60.7 Å². The van der Waals surface area contributed by atoms with Crippen molar-refractivity contribution in [1.82, 2.24) is 0 Å². The zero-order valence-electron chi connectivity index (χ0n) is 12.2. The summed E-state index contributed by atoms with van der Waals surface area (Å²) in [6.45, 7) is 0. The molecule has 0 aliphatic carbocycles. The molecule has 0 unspecified atom stereocenters. The highest BCUT2D eigenvalue weighted by molar-refractivity contribution is 7.79. The van der Waals surface area contributed by atoms with E-state index in [0.717, 1.165) is 0 Å². The minimum absolute atomic E-state index is 0.525. The van der Waals surface area contributed by atoms with Crippen LogP contribution in [0.5, 0.6) is 0 Å². The van der Waals surface area contributed by atoms with Gasteiger partial charge in [0.15, 0.2) is 5.30 Å². The van der Waals surface area contributed by atoms with Crippen LogP contribution in [-0.2, 0) is 0 Å². The first-order valence-corrected chi connectivity index (χ1v) is 8.52. The Bertz CT molecular complexity index is 797. The second-order valence-corrected chi connectivity index (χ2v) is 7.46. The molecule has 3 rings (SSSR count). The molecule has 0 radical (unpaired) electrons. The Kier molecular flexibility index (Phi) is 4.63. The highest BCUT2D eigenvalue weighted by Gasteiger charge is 2.38. The molecule has 0 heterocycles. The fourth-order valence-electron chi connectivity index (χ4n) is 2.49. The van der Waals surface area contributed by atoms with Gasteiger partial charge in [0.05, 0.1) is 0 Å². The van der Waals surface area contributed by atoms with Gasteiger partial charge in [-0.2, -0.15) is 8.78 Å². The molecule has 0 fully saturated rings. The minimum Gasteiger partial charge on any atom is -0.200 e. The molecule has 0 nitrogen and oxygen atoms in total. The molecule has 24 heavy (non-hydrogen) atoms. The van der Waals surface area contributed by atoms with Gasteiger partial charge in [-0.15, -0.1) is 0 Å². The van der Waals surface area contributed by atoms with Crippen molar-refractivity contribution in [1.29, 1.82) is 0 Å². The first-order valence-electron chi connectivity index (χ1n) is 7.02. The van der Waals surface area contributed by atoms with Gasteiger partial charge in [-0.25, -0.2) is 13.2 Å². The van der Waals surface area contributed by atoms with Gasteiger partial charge in [0.25, 0.3) is 0 Å². The molecule has 0 amide bonds. The van der Waals surface area contributed by atoms with Crippen LogP contribution >= 0.6 is 7.92 Å². The summed E-state index contributed by atoms with van der Waals surface area (Å²) < 4.78 is 69.3. The second-order valence-electron chi connectivity index (χ2n) is 5.05. The zero-order chi connectivity index (χ0) is 17.3. The van der Waals surface area contributed by atoms with Crippen LogP contribution in [0.4, 0.5) is 22.0 Å². The molecule has 0 aliphatic heterocycles. The number of rotatable bonds is 3. The van der Waals surface area contributed by atoms with Crippen LogP contribution in [0.3, 0.4) is 0 Å². The molecule has 0 spiro atoms. The van der Waals surface area contributed by atoms with E-state index in [4.69, 9.17) is 0 Å². The summed E-state index contributed by atoms with van der Waals surface area (Å²) >= 11 is 0. The number of hydrogen-bond acceptors (Lipinski definition) is 0. The largest absolute Gasteiger partial charge is 0.207 e. The summed E-state index contributed by atoms with van der Waals surface area (Å²) in [5, 5.41) is 0.294. The Morgan fingerprint density at radius 3 is 1.17 bits per heavy atom. The van der Waals surface area contributed by atoms with Crippen molar-refractivity contribution in [3.63, 3.8) is 0 Å². The smallest absolute Gasteiger partial charge is 0.200 e. The highest BCUT2D eigenvalue weighted by atomic mass is 31.1. The fraction of sp³-hybridized carbons (Fsp3) is 0. The Labute approximate surface area is 136 Å². The molecule has 3 aromatic rings. The van der Waals surface area contributed by atoms with Crippen LogP contribution in [0.1, 0.15) is 0 Å². The topological polar surface area (TPSA) is 0 Å². The van der Waals surface area contributed by atoms with Gasteiger partial charge in [-0.3, -0.25) is 0 Å². The molecule has 0 N–H and O–H groups in total. The van der Waals surface area contributed by atoms with Gasteiger partial charge in [-0.05, 0) is 24.3 Å². The second kappa shape index (κ2) is 6.70. The average Bonchev–Trinajstić information content (AvgIpc) is 2.63. The quantitative estimate of drug-likeness (QED) is 0.290. The summed E-state index contributed by atoms with van der Waals surface area (Å²) in [6.07, 6.45) is 0. The van der Waals surface area contributed by atoms with Crippen LogP contribution in [0, 0.1) is 29.1 Å². The minimum atomic E-state index is -2.39. The van der Waals surface area contributed by atoms with Crippen molar-refractivity contribution in [3.05, 3.63) is 89.7 Å². The lowest BCUT2D eigenvalue weighted by molar-refractivity contribution is 0.384. The van der Waals surface area contributed by atoms with Gasteiger partial charge in [0.2, 0.25) is 29.1 Å². The average molecular weight is 353 g/mol. The third kappa shape index (κ3) is 2.80. The SMILES string of the molecule is Fc1c(F)c(F)c([PH+](c2ccccc2)c2ccccc2)c(F)c1F. The molecular weight excluding hydrogens is 342 g/mol. The van der Waals surface area contributed by atoms with Crippen molar-refractivity contribution in [3.8, 4) is 0 Å². The molecule has 6 heteroatoms. The summed E-state index contributed by atoms with van der Waals surface area (Å²) in [5.74, 6) is -9.52. The van der Waals surface area contributed by atoms with Gasteiger partial charge in [0, 0.05) is 0 Å². The summed E-state index contributed by atoms with van der Waals surface area (Å²) in [4.78, 5) is 0. The molecule has 0 aromatic heterocycles. The molecule has 122 valence electrons. The maximum Gasteiger partial charge on any atom is 0.207 e. The van der Waals surface area contributed by atoms with E-state index in [9.17, 15) is 22.0 Å². The normalized spacial score (nSPS) is 11.1. The maximum absolute atomic E-state index is 14.3. The van der Waals surface area contributed by atoms with E-state index in [1.54, 1.807) is 60.7 Å². The summed E-state index contributed by atoms with van der Waals surface area (Å²) in [5.41, 5.74) is 0. The van der Waals surface area contributed by atoms with Crippen molar-refractivity contribution in [2.24, 2.45) is 0 Å². The molecule has 0 saturated carbocycles. The predicted octanol–water partition coefficient (Wildman–Crippen LogP) is 3.87. The predicted molar refractivity (Wildman–Crippen MR) is 86.3 cm³/mol. The van der Waals surface area contributed by atoms with E-state index in [1.165, 1.54) is 0 Å². The van der Waals surface area contributed by atoms with Crippen LogP contribution in [0.25, 0.3) is 0 Å². The van der Waals surface area contributed by atoms with Gasteiger partial charge in [0.1, 0.15) is 18.5 Å². The third-order valence-electron chi connectivity index (χ3n) is 3.58.